The molecular weight excluding hydrogens is 618 g/mol. The van der Waals surface area contributed by atoms with E-state index in [2.05, 4.69) is 25.5 Å². The Hall–Kier alpha value is -4.28. The number of hydrogen-bond donors (Lipinski definition) is 2. The van der Waals surface area contributed by atoms with Gasteiger partial charge in [-0.25, -0.2) is 19.1 Å². The maximum Gasteiger partial charge on any atom is 0.416 e. The first-order chi connectivity index (χ1) is 20.4. The molecule has 2 N–H and O–H groups in total. The van der Waals surface area contributed by atoms with E-state index in [0.29, 0.717) is 35.5 Å². The van der Waals surface area contributed by atoms with Gasteiger partial charge in [-0.1, -0.05) is 23.2 Å². The summed E-state index contributed by atoms with van der Waals surface area (Å²) < 4.78 is 42.2. The highest BCUT2D eigenvalue weighted by molar-refractivity contribution is 6.32. The number of amides is 2. The number of nitrogens with zero attached hydrogens (tertiary/aromatic N) is 8. The van der Waals surface area contributed by atoms with E-state index >= 15 is 0 Å². The van der Waals surface area contributed by atoms with E-state index < -0.39 is 37.0 Å². The SMILES string of the molecule is O=CN1CCC(NC(=O)c2nc(Cn3nc(-c4ccc(Cl)cc4)n(C[C@H](O)C(F)(F)F)c3=O)nn2-c2cnccc2Cl)C1. The molecule has 3 aromatic heterocycles. The molecule has 1 aliphatic heterocycles. The molecule has 43 heavy (non-hydrogen) atoms. The average molecular weight is 640 g/mol. The summed E-state index contributed by atoms with van der Waals surface area (Å²) in [6.45, 7) is -0.818. The number of alkyl halides is 3. The predicted molar refractivity (Wildman–Crippen MR) is 146 cm³/mol. The van der Waals surface area contributed by atoms with Gasteiger partial charge in [-0.2, -0.15) is 13.2 Å². The van der Waals surface area contributed by atoms with Gasteiger partial charge in [0, 0.05) is 35.9 Å². The van der Waals surface area contributed by atoms with Crippen molar-refractivity contribution in [1.29, 1.82) is 0 Å². The molecule has 226 valence electrons. The summed E-state index contributed by atoms with van der Waals surface area (Å²) in [6, 6.07) is 6.97. The van der Waals surface area contributed by atoms with Crippen molar-refractivity contribution >= 4 is 35.5 Å². The number of aliphatic hydroxyl groups is 1. The lowest BCUT2D eigenvalue weighted by Gasteiger charge is -2.15. The first-order valence-electron chi connectivity index (χ1n) is 12.7. The Morgan fingerprint density at radius 1 is 1.19 bits per heavy atom. The number of halogens is 5. The first-order valence-corrected chi connectivity index (χ1v) is 13.4. The summed E-state index contributed by atoms with van der Waals surface area (Å²) >= 11 is 12.3. The molecule has 2 atom stereocenters. The van der Waals surface area contributed by atoms with Crippen LogP contribution in [0, 0.1) is 0 Å². The molecular formula is C25H22Cl2F3N9O4. The van der Waals surface area contributed by atoms with Crippen LogP contribution in [0.3, 0.4) is 0 Å². The van der Waals surface area contributed by atoms with E-state index in [-0.39, 0.29) is 39.8 Å². The van der Waals surface area contributed by atoms with Gasteiger partial charge in [0.1, 0.15) is 12.2 Å². The fourth-order valence-corrected chi connectivity index (χ4v) is 4.76. The second-order valence-corrected chi connectivity index (χ2v) is 10.4. The number of rotatable bonds is 9. The lowest BCUT2D eigenvalue weighted by molar-refractivity contribution is -0.207. The summed E-state index contributed by atoms with van der Waals surface area (Å²) in [5, 5.41) is 21.6. The minimum Gasteiger partial charge on any atom is -0.382 e. The Morgan fingerprint density at radius 3 is 2.58 bits per heavy atom. The van der Waals surface area contributed by atoms with Gasteiger partial charge in [0.05, 0.1) is 17.8 Å². The number of aromatic nitrogens is 7. The summed E-state index contributed by atoms with van der Waals surface area (Å²) in [5.41, 5.74) is -0.534. The molecule has 1 unspecified atom stereocenters. The molecule has 2 amide bonds. The molecule has 0 bridgehead atoms. The third kappa shape index (κ3) is 6.55. The van der Waals surface area contributed by atoms with E-state index in [1.165, 1.54) is 47.6 Å². The van der Waals surface area contributed by atoms with Gasteiger partial charge in [0.25, 0.3) is 5.91 Å². The van der Waals surface area contributed by atoms with E-state index in [1.54, 1.807) is 0 Å². The third-order valence-electron chi connectivity index (χ3n) is 6.58. The fraction of sp³-hybridized carbons (Fsp3) is 0.320. The van der Waals surface area contributed by atoms with Crippen LogP contribution in [-0.2, 0) is 17.9 Å². The van der Waals surface area contributed by atoms with Crippen LogP contribution in [0.2, 0.25) is 10.0 Å². The molecule has 18 heteroatoms. The van der Waals surface area contributed by atoms with Crippen LogP contribution in [0.15, 0.2) is 47.5 Å². The molecule has 1 fully saturated rings. The number of benzene rings is 1. The van der Waals surface area contributed by atoms with Crippen LogP contribution < -0.4 is 11.0 Å². The Labute approximate surface area is 250 Å². The van der Waals surface area contributed by atoms with Crippen LogP contribution in [0.4, 0.5) is 13.2 Å². The topological polar surface area (TPSA) is 153 Å². The van der Waals surface area contributed by atoms with Crippen molar-refractivity contribution in [2.24, 2.45) is 0 Å². The first kappa shape index (κ1) is 30.2. The number of hydrogen-bond acceptors (Lipinski definition) is 8. The number of carbonyl (C=O) groups is 2. The Balaban J connectivity index is 1.53. The normalized spacial score (nSPS) is 16.0. The molecule has 0 saturated carbocycles. The zero-order chi connectivity index (χ0) is 30.9. The molecule has 0 spiro atoms. The van der Waals surface area contributed by atoms with E-state index in [9.17, 15) is 32.7 Å². The van der Waals surface area contributed by atoms with Gasteiger partial charge in [0.15, 0.2) is 17.8 Å². The maximum absolute atomic E-state index is 13.3. The summed E-state index contributed by atoms with van der Waals surface area (Å²) in [7, 11) is 0. The van der Waals surface area contributed by atoms with E-state index in [1.807, 2.05) is 0 Å². The van der Waals surface area contributed by atoms with Gasteiger partial charge in [0.2, 0.25) is 12.2 Å². The van der Waals surface area contributed by atoms with Crippen LogP contribution >= 0.6 is 23.2 Å². The molecule has 0 radical (unpaired) electrons. The Bertz CT molecular complexity index is 1710. The lowest BCUT2D eigenvalue weighted by atomic mass is 10.2. The lowest BCUT2D eigenvalue weighted by Crippen LogP contribution is -2.38. The molecule has 0 aliphatic carbocycles. The largest absolute Gasteiger partial charge is 0.416 e. The predicted octanol–water partition coefficient (Wildman–Crippen LogP) is 1.93. The van der Waals surface area contributed by atoms with Crippen molar-refractivity contribution in [2.75, 3.05) is 13.1 Å². The minimum absolute atomic E-state index is 0.100. The zero-order valence-electron chi connectivity index (χ0n) is 21.9. The van der Waals surface area contributed by atoms with Crippen molar-refractivity contribution in [1.82, 2.24) is 44.3 Å². The van der Waals surface area contributed by atoms with Crippen molar-refractivity contribution in [3.63, 3.8) is 0 Å². The maximum atomic E-state index is 13.3. The summed E-state index contributed by atoms with van der Waals surface area (Å²) in [4.78, 5) is 47.5. The zero-order valence-corrected chi connectivity index (χ0v) is 23.5. The second-order valence-electron chi connectivity index (χ2n) is 9.59. The minimum atomic E-state index is -4.99. The summed E-state index contributed by atoms with van der Waals surface area (Å²) in [6.07, 6.45) is -3.87. The van der Waals surface area contributed by atoms with Crippen LogP contribution in [0.1, 0.15) is 22.9 Å². The van der Waals surface area contributed by atoms with Gasteiger partial charge in [-0.3, -0.25) is 19.1 Å². The number of nitrogens with one attached hydrogen (secondary N) is 1. The monoisotopic (exact) mass is 639 g/mol. The number of aliphatic hydroxyl groups excluding tert-OH is 1. The molecule has 13 nitrogen and oxygen atoms in total. The molecule has 1 aliphatic rings. The molecule has 4 heterocycles. The van der Waals surface area contributed by atoms with Gasteiger partial charge >= 0.3 is 11.9 Å². The second kappa shape index (κ2) is 12.1. The van der Waals surface area contributed by atoms with Gasteiger partial charge < -0.3 is 15.3 Å². The third-order valence-corrected chi connectivity index (χ3v) is 7.16. The molecule has 1 saturated heterocycles. The Morgan fingerprint density at radius 2 is 1.93 bits per heavy atom. The van der Waals surface area contributed by atoms with Crippen LogP contribution in [0.5, 0.6) is 0 Å². The molecule has 4 aromatic rings. The Kier molecular flexibility index (Phi) is 8.52. The number of pyridine rings is 1. The highest BCUT2D eigenvalue weighted by atomic mass is 35.5. The quantitative estimate of drug-likeness (QED) is 0.264. The van der Waals surface area contributed by atoms with Gasteiger partial charge in [-0.05, 0) is 36.8 Å². The number of likely N-dealkylation sites (tertiary alicyclic amines) is 1. The van der Waals surface area contributed by atoms with E-state index in [4.69, 9.17) is 23.2 Å². The van der Waals surface area contributed by atoms with Crippen LogP contribution in [-0.4, -0.2) is 87.8 Å². The van der Waals surface area contributed by atoms with Crippen molar-refractivity contribution in [2.45, 2.75) is 37.8 Å². The average Bonchev–Trinajstić information content (AvgIpc) is 3.68. The molecule has 1 aromatic carbocycles. The van der Waals surface area contributed by atoms with Crippen molar-refractivity contribution in [3.05, 3.63) is 74.9 Å². The highest BCUT2D eigenvalue weighted by Crippen LogP contribution is 2.25. The van der Waals surface area contributed by atoms with Gasteiger partial charge in [-0.15, -0.1) is 10.2 Å². The van der Waals surface area contributed by atoms with Crippen molar-refractivity contribution < 1.29 is 27.9 Å². The highest BCUT2D eigenvalue weighted by Gasteiger charge is 2.39. The smallest absolute Gasteiger partial charge is 0.382 e. The summed E-state index contributed by atoms with van der Waals surface area (Å²) in [5.74, 6) is -1.13. The van der Waals surface area contributed by atoms with E-state index in [0.717, 1.165) is 9.36 Å². The van der Waals surface area contributed by atoms with Crippen LogP contribution in [0.25, 0.3) is 17.1 Å². The number of carbonyl (C=O) groups excluding carboxylic acids is 2. The standard InChI is InChI=1S/C25H22Cl2F3N9O4/c26-15-3-1-14(2-4-15)21-35-38(24(43)37(21)11-19(41)25(28,29)30)12-20-33-22(23(42)32-16-6-8-36(10-16)13-40)39(34-20)18-9-31-7-5-17(18)27/h1-5,7,9,13,16,19,41H,6,8,10-12H2,(H,32,42)/t16?,19-/m0/s1. The molecule has 5 rings (SSSR count). The van der Waals surface area contributed by atoms with Crippen molar-refractivity contribution in [3.8, 4) is 17.1 Å². The fourth-order valence-electron chi connectivity index (χ4n) is 4.44.